The number of carboxylic acids is 2. The van der Waals surface area contributed by atoms with Crippen LogP contribution in [0.15, 0.2) is 97.6 Å². The van der Waals surface area contributed by atoms with Gasteiger partial charge in [0.05, 0.1) is 36.5 Å². The molecule has 0 aliphatic carbocycles. The van der Waals surface area contributed by atoms with Crippen molar-refractivity contribution in [3.8, 4) is 57.8 Å². The van der Waals surface area contributed by atoms with E-state index in [4.69, 9.17) is 38.6 Å². The van der Waals surface area contributed by atoms with Crippen LogP contribution in [0.25, 0.3) is 11.1 Å². The van der Waals surface area contributed by atoms with Crippen molar-refractivity contribution < 1.29 is 48.2 Å². The van der Waals surface area contributed by atoms with Crippen LogP contribution in [0.1, 0.15) is 81.3 Å². The van der Waals surface area contributed by atoms with Crippen LogP contribution >= 0.6 is 0 Å². The molecule has 0 aliphatic rings. The van der Waals surface area contributed by atoms with E-state index < -0.39 is 11.9 Å². The molecular formula is C54H56N6O10. The first kappa shape index (κ1) is 51.2. The number of nitriles is 2. The van der Waals surface area contributed by atoms with Gasteiger partial charge in [-0.2, -0.15) is 10.5 Å². The Bertz CT molecular complexity index is 2660. The Balaban J connectivity index is 1.20. The van der Waals surface area contributed by atoms with Crippen molar-refractivity contribution in [3.63, 3.8) is 0 Å². The Morgan fingerprint density at radius 1 is 0.571 bits per heavy atom. The average Bonchev–Trinajstić information content (AvgIpc) is 3.37. The molecule has 6 rings (SSSR count). The Hall–Kier alpha value is -8.18. The summed E-state index contributed by atoms with van der Waals surface area (Å²) in [5.74, 6) is 1.38. The Morgan fingerprint density at radius 2 is 0.986 bits per heavy atom. The van der Waals surface area contributed by atoms with Crippen molar-refractivity contribution >= 4 is 11.9 Å². The zero-order chi connectivity index (χ0) is 49.8. The van der Waals surface area contributed by atoms with Crippen LogP contribution in [0, 0.1) is 36.5 Å². The van der Waals surface area contributed by atoms with Gasteiger partial charge < -0.3 is 49.3 Å². The van der Waals surface area contributed by atoms with Crippen molar-refractivity contribution in [3.05, 3.63) is 153 Å². The number of nitrogens with one attached hydrogen (secondary N) is 2. The minimum absolute atomic E-state index is 0.0495. The maximum absolute atomic E-state index is 11.1. The van der Waals surface area contributed by atoms with Gasteiger partial charge in [0.1, 0.15) is 73.1 Å². The van der Waals surface area contributed by atoms with E-state index in [9.17, 15) is 20.1 Å². The molecule has 0 radical (unpaired) electrons. The molecule has 0 amide bonds. The van der Waals surface area contributed by atoms with Crippen LogP contribution < -0.4 is 39.1 Å². The number of carbonyl (C=O) groups is 2. The van der Waals surface area contributed by atoms with E-state index in [-0.39, 0.29) is 39.3 Å². The van der Waals surface area contributed by atoms with Gasteiger partial charge in [0.25, 0.3) is 0 Å². The van der Waals surface area contributed by atoms with Crippen molar-refractivity contribution in [1.82, 2.24) is 20.6 Å². The van der Waals surface area contributed by atoms with Gasteiger partial charge in [-0.3, -0.25) is 19.6 Å². The number of methoxy groups -OCH3 is 2. The summed E-state index contributed by atoms with van der Waals surface area (Å²) in [6.45, 7) is 6.55. The van der Waals surface area contributed by atoms with Crippen molar-refractivity contribution in [2.45, 2.75) is 79.0 Å². The van der Waals surface area contributed by atoms with E-state index in [0.29, 0.717) is 95.8 Å². The summed E-state index contributed by atoms with van der Waals surface area (Å²) in [5, 5.41) is 43.5. The highest BCUT2D eigenvalue weighted by Gasteiger charge is 2.19. The van der Waals surface area contributed by atoms with E-state index in [1.165, 1.54) is 12.4 Å². The number of aliphatic carboxylic acids is 2. The molecule has 0 saturated carbocycles. The van der Waals surface area contributed by atoms with Crippen LogP contribution in [-0.4, -0.2) is 59.4 Å². The summed E-state index contributed by atoms with van der Waals surface area (Å²) in [6, 6.07) is 27.1. The predicted molar refractivity (Wildman–Crippen MR) is 260 cm³/mol. The molecule has 70 heavy (non-hydrogen) atoms. The summed E-state index contributed by atoms with van der Waals surface area (Å²) < 4.78 is 37.2. The van der Waals surface area contributed by atoms with Gasteiger partial charge in [0.15, 0.2) is 0 Å². The van der Waals surface area contributed by atoms with Gasteiger partial charge in [-0.15, -0.1) is 0 Å². The molecule has 0 atom stereocenters. The first-order valence-electron chi connectivity index (χ1n) is 22.6. The molecule has 0 unspecified atom stereocenters. The SMILES string of the molecule is COc1cc(OCc2cccc(-c3cccc(COc4cc(OC)c(CNCCCC(=O)O)c(OCc5cncc(C#N)c5)c4)c3C)c2C)cc(OCc2cncc(C#N)c2)c1CNCCCC(=O)O. The zero-order valence-electron chi connectivity index (χ0n) is 39.7. The highest BCUT2D eigenvalue weighted by Crippen LogP contribution is 2.38. The minimum atomic E-state index is -0.856. The van der Waals surface area contributed by atoms with Gasteiger partial charge >= 0.3 is 11.9 Å². The molecular weight excluding hydrogens is 893 g/mol. The molecule has 2 heterocycles. The molecule has 0 fully saturated rings. The fourth-order valence-electron chi connectivity index (χ4n) is 7.65. The Morgan fingerprint density at radius 3 is 1.37 bits per heavy atom. The number of hydrogen-bond donors (Lipinski definition) is 4. The van der Waals surface area contributed by atoms with Crippen molar-refractivity contribution in [2.24, 2.45) is 0 Å². The molecule has 2 aromatic heterocycles. The molecule has 16 nitrogen and oxygen atoms in total. The van der Waals surface area contributed by atoms with Crippen LogP contribution in [0.5, 0.6) is 34.5 Å². The third-order valence-corrected chi connectivity index (χ3v) is 11.4. The zero-order valence-corrected chi connectivity index (χ0v) is 39.7. The van der Waals surface area contributed by atoms with E-state index in [1.54, 1.807) is 63.0 Å². The number of hydrogen-bond acceptors (Lipinski definition) is 14. The highest BCUT2D eigenvalue weighted by molar-refractivity contribution is 5.72. The van der Waals surface area contributed by atoms with Gasteiger partial charge in [-0.05, 0) is 85.3 Å². The highest BCUT2D eigenvalue weighted by atomic mass is 16.5. The lowest BCUT2D eigenvalue weighted by Crippen LogP contribution is -2.17. The molecule has 4 N–H and O–H groups in total. The first-order valence-corrected chi connectivity index (χ1v) is 22.6. The minimum Gasteiger partial charge on any atom is -0.496 e. The fraction of sp³-hybridized carbons (Fsp3) is 0.296. The largest absolute Gasteiger partial charge is 0.496 e. The first-order chi connectivity index (χ1) is 34.0. The summed E-state index contributed by atoms with van der Waals surface area (Å²) in [4.78, 5) is 30.4. The molecule has 362 valence electrons. The molecule has 4 aromatic carbocycles. The second-order valence-corrected chi connectivity index (χ2v) is 16.3. The second kappa shape index (κ2) is 25.8. The molecule has 6 aromatic rings. The summed E-state index contributed by atoms with van der Waals surface area (Å²) in [5.41, 5.74) is 9.79. The molecule has 0 aliphatic heterocycles. The lowest BCUT2D eigenvalue weighted by atomic mass is 9.92. The number of rotatable bonds is 27. The number of nitrogens with zero attached hydrogens (tertiary/aromatic N) is 4. The van der Waals surface area contributed by atoms with Gasteiger partial charge in [-0.25, -0.2) is 0 Å². The lowest BCUT2D eigenvalue weighted by Gasteiger charge is -2.20. The summed E-state index contributed by atoms with van der Waals surface area (Å²) >= 11 is 0. The van der Waals surface area contributed by atoms with E-state index in [0.717, 1.165) is 44.5 Å². The van der Waals surface area contributed by atoms with Crippen molar-refractivity contribution in [1.29, 1.82) is 10.5 Å². The maximum Gasteiger partial charge on any atom is 0.303 e. The second-order valence-electron chi connectivity index (χ2n) is 16.3. The van der Waals surface area contributed by atoms with E-state index >= 15 is 0 Å². The average molecular weight is 949 g/mol. The van der Waals surface area contributed by atoms with Gasteiger partial charge in [-0.1, -0.05) is 36.4 Å². The van der Waals surface area contributed by atoms with Gasteiger partial charge in [0.2, 0.25) is 0 Å². The van der Waals surface area contributed by atoms with E-state index in [2.05, 4.69) is 58.7 Å². The lowest BCUT2D eigenvalue weighted by molar-refractivity contribution is -0.138. The van der Waals surface area contributed by atoms with Crippen LogP contribution in [0.3, 0.4) is 0 Å². The summed E-state index contributed by atoms with van der Waals surface area (Å²) in [7, 11) is 3.14. The topological polar surface area (TPSA) is 227 Å². The van der Waals surface area contributed by atoms with Gasteiger partial charge in [0, 0.05) is 86.1 Å². The third kappa shape index (κ3) is 14.4. The molecule has 0 saturated heterocycles. The van der Waals surface area contributed by atoms with Crippen LogP contribution in [0.4, 0.5) is 0 Å². The standard InChI is InChI=1S/C54H56N6O10/c1-35-41(33-67-43-19-49(65-3)47(29-57-15-7-13-53(61)62)51(21-43)69-31-39-17-37(23-55)25-59-27-39)9-5-11-45(35)46-12-6-10-42(36(46)2)34-68-44-20-50(66-4)48(30-58-16-8-14-54(63)64)52(22-44)70-32-40-18-38(24-56)26-60-28-40/h5-6,9-12,17-22,25-28,57-58H,7-8,13-16,29-34H2,1-4H3,(H,61,62)(H,63,64). The van der Waals surface area contributed by atoms with Crippen LogP contribution in [0.2, 0.25) is 0 Å². The fourth-order valence-corrected chi connectivity index (χ4v) is 7.65. The summed E-state index contributed by atoms with van der Waals surface area (Å²) in [6.07, 6.45) is 7.27. The number of benzene rings is 4. The monoisotopic (exact) mass is 948 g/mol. The number of carboxylic acid groups (broad SMARTS) is 2. The number of aromatic nitrogens is 2. The van der Waals surface area contributed by atoms with E-state index in [1.807, 2.05) is 24.3 Å². The third-order valence-electron chi connectivity index (χ3n) is 11.4. The van der Waals surface area contributed by atoms with Crippen molar-refractivity contribution in [2.75, 3.05) is 27.3 Å². The number of ether oxygens (including phenoxy) is 6. The predicted octanol–water partition coefficient (Wildman–Crippen LogP) is 8.75. The quantitative estimate of drug-likeness (QED) is 0.0354. The Labute approximate surface area is 407 Å². The molecule has 0 bridgehead atoms. The normalized spacial score (nSPS) is 10.7. The molecule has 16 heteroatoms. The van der Waals surface area contributed by atoms with Crippen LogP contribution in [-0.2, 0) is 49.1 Å². The smallest absolute Gasteiger partial charge is 0.303 e. The molecule has 0 spiro atoms. The number of pyridine rings is 2. The maximum atomic E-state index is 11.1. The Kier molecular flexibility index (Phi) is 18.9.